The van der Waals surface area contributed by atoms with Crippen molar-refractivity contribution >= 4 is 16.5 Å². The van der Waals surface area contributed by atoms with Gasteiger partial charge in [0.05, 0.1) is 5.56 Å². The number of aromatic nitrogens is 3. The molecule has 2 aromatic heterocycles. The molecule has 0 aliphatic heterocycles. The quantitative estimate of drug-likeness (QED) is 0.943. The third kappa shape index (κ3) is 3.15. The van der Waals surface area contributed by atoms with Crippen LogP contribution in [-0.2, 0) is 12.0 Å². The highest BCUT2D eigenvalue weighted by atomic mass is 32.1. The second kappa shape index (κ2) is 5.97. The van der Waals surface area contributed by atoms with Gasteiger partial charge in [0.15, 0.2) is 5.01 Å². The van der Waals surface area contributed by atoms with E-state index in [2.05, 4.69) is 36.3 Å². The molecule has 0 saturated carbocycles. The highest BCUT2D eigenvalue weighted by Crippen LogP contribution is 2.26. The minimum atomic E-state index is -0.0657. The lowest BCUT2D eigenvalue weighted by atomic mass is 9.91. The summed E-state index contributed by atoms with van der Waals surface area (Å²) in [4.78, 5) is 12.7. The van der Waals surface area contributed by atoms with Crippen LogP contribution in [0.4, 0.5) is 5.13 Å². The molecule has 0 unspecified atom stereocenters. The summed E-state index contributed by atoms with van der Waals surface area (Å²) in [7, 11) is 0. The van der Waals surface area contributed by atoms with E-state index >= 15 is 0 Å². The number of pyridine rings is 1. The molecule has 0 aliphatic rings. The van der Waals surface area contributed by atoms with Gasteiger partial charge in [-0.15, -0.1) is 10.2 Å². The van der Waals surface area contributed by atoms with Crippen molar-refractivity contribution in [3.05, 3.63) is 28.2 Å². The maximum absolute atomic E-state index is 12.7. The van der Waals surface area contributed by atoms with Crippen molar-refractivity contribution in [3.8, 4) is 10.6 Å². The van der Waals surface area contributed by atoms with E-state index in [-0.39, 0.29) is 11.0 Å². The standard InChI is InChI=1S/C15H22N4OS/c1-6-16-14-18-17-12(21-14)10-8-9-11(15(3,4)5)19(7-2)13(10)20/h8-9H,6-7H2,1-5H3,(H,16,18). The van der Waals surface area contributed by atoms with Gasteiger partial charge >= 0.3 is 0 Å². The lowest BCUT2D eigenvalue weighted by Crippen LogP contribution is -2.29. The molecule has 0 radical (unpaired) electrons. The Hall–Kier alpha value is -1.69. The first-order valence-electron chi connectivity index (χ1n) is 7.20. The molecule has 5 nitrogen and oxygen atoms in total. The van der Waals surface area contributed by atoms with Crippen LogP contribution in [-0.4, -0.2) is 21.3 Å². The smallest absolute Gasteiger partial charge is 0.261 e. The molecule has 0 aromatic carbocycles. The van der Waals surface area contributed by atoms with Crippen LogP contribution >= 0.6 is 11.3 Å². The summed E-state index contributed by atoms with van der Waals surface area (Å²) in [6, 6.07) is 3.89. The summed E-state index contributed by atoms with van der Waals surface area (Å²) in [5, 5.41) is 12.7. The van der Waals surface area contributed by atoms with Crippen molar-refractivity contribution in [2.45, 2.75) is 46.6 Å². The van der Waals surface area contributed by atoms with Crippen molar-refractivity contribution < 1.29 is 0 Å². The van der Waals surface area contributed by atoms with Gasteiger partial charge in [-0.3, -0.25) is 4.79 Å². The molecule has 2 heterocycles. The Kier molecular flexibility index (Phi) is 4.46. The predicted octanol–water partition coefficient (Wildman–Crippen LogP) is 3.12. The summed E-state index contributed by atoms with van der Waals surface area (Å²) >= 11 is 1.41. The van der Waals surface area contributed by atoms with Gasteiger partial charge in [0.2, 0.25) is 5.13 Å². The molecule has 114 valence electrons. The molecule has 0 amide bonds. The second-order valence-corrected chi connectivity index (χ2v) is 6.85. The van der Waals surface area contributed by atoms with E-state index in [1.54, 1.807) is 0 Å². The van der Waals surface area contributed by atoms with E-state index in [9.17, 15) is 4.79 Å². The molecular weight excluding hydrogens is 284 g/mol. The molecule has 0 spiro atoms. The fourth-order valence-electron chi connectivity index (χ4n) is 2.26. The van der Waals surface area contributed by atoms with E-state index in [0.29, 0.717) is 17.1 Å². The van der Waals surface area contributed by atoms with Crippen LogP contribution in [0, 0.1) is 0 Å². The fourth-order valence-corrected chi connectivity index (χ4v) is 3.09. The van der Waals surface area contributed by atoms with Gasteiger partial charge in [-0.25, -0.2) is 0 Å². The number of anilines is 1. The normalized spacial score (nSPS) is 11.7. The lowest BCUT2D eigenvalue weighted by Gasteiger charge is -2.23. The van der Waals surface area contributed by atoms with Gasteiger partial charge in [0.25, 0.3) is 5.56 Å². The Morgan fingerprint density at radius 1 is 1.24 bits per heavy atom. The first-order chi connectivity index (χ1) is 9.88. The van der Waals surface area contributed by atoms with Crippen molar-refractivity contribution in [1.82, 2.24) is 14.8 Å². The van der Waals surface area contributed by atoms with Crippen LogP contribution in [0.25, 0.3) is 10.6 Å². The van der Waals surface area contributed by atoms with Crippen LogP contribution in [0.15, 0.2) is 16.9 Å². The average molecular weight is 306 g/mol. The number of nitrogens with one attached hydrogen (secondary N) is 1. The van der Waals surface area contributed by atoms with Crippen molar-refractivity contribution in [2.75, 3.05) is 11.9 Å². The average Bonchev–Trinajstić information content (AvgIpc) is 2.86. The first kappa shape index (κ1) is 15.7. The molecule has 0 fully saturated rings. The van der Waals surface area contributed by atoms with Crippen LogP contribution in [0.2, 0.25) is 0 Å². The third-order valence-electron chi connectivity index (χ3n) is 3.24. The molecule has 2 aromatic rings. The summed E-state index contributed by atoms with van der Waals surface area (Å²) < 4.78 is 1.82. The highest BCUT2D eigenvalue weighted by Gasteiger charge is 2.21. The zero-order valence-corrected chi connectivity index (χ0v) is 14.0. The molecule has 1 N–H and O–H groups in total. The highest BCUT2D eigenvalue weighted by molar-refractivity contribution is 7.18. The van der Waals surface area contributed by atoms with E-state index in [1.807, 2.05) is 30.5 Å². The Labute approximate surface area is 129 Å². The Bertz CT molecular complexity index is 682. The monoisotopic (exact) mass is 306 g/mol. The van der Waals surface area contributed by atoms with E-state index < -0.39 is 0 Å². The van der Waals surface area contributed by atoms with Gasteiger partial charge in [-0.2, -0.15) is 0 Å². The maximum atomic E-state index is 12.7. The molecule has 0 bridgehead atoms. The molecule has 0 atom stereocenters. The summed E-state index contributed by atoms with van der Waals surface area (Å²) in [5.41, 5.74) is 1.59. The van der Waals surface area contributed by atoms with E-state index in [4.69, 9.17) is 0 Å². The van der Waals surface area contributed by atoms with Crippen LogP contribution < -0.4 is 10.9 Å². The summed E-state index contributed by atoms with van der Waals surface area (Å²) in [6.45, 7) is 11.8. The third-order valence-corrected chi connectivity index (χ3v) is 4.16. The Morgan fingerprint density at radius 2 is 1.95 bits per heavy atom. The molecule has 21 heavy (non-hydrogen) atoms. The van der Waals surface area contributed by atoms with Gasteiger partial charge < -0.3 is 9.88 Å². The van der Waals surface area contributed by atoms with Crippen LogP contribution in [0.5, 0.6) is 0 Å². The fraction of sp³-hybridized carbons (Fsp3) is 0.533. The Balaban J connectivity index is 2.53. The number of hydrogen-bond acceptors (Lipinski definition) is 5. The van der Waals surface area contributed by atoms with Crippen LogP contribution in [0.3, 0.4) is 0 Å². The maximum Gasteiger partial charge on any atom is 0.261 e. The minimum Gasteiger partial charge on any atom is -0.360 e. The number of hydrogen-bond donors (Lipinski definition) is 1. The molecule has 6 heteroatoms. The van der Waals surface area contributed by atoms with Gasteiger partial charge in [0, 0.05) is 24.2 Å². The minimum absolute atomic E-state index is 0.00382. The van der Waals surface area contributed by atoms with Gasteiger partial charge in [-0.1, -0.05) is 32.1 Å². The SMILES string of the molecule is CCNc1nnc(-c2ccc(C(C)(C)C)n(CC)c2=O)s1. The van der Waals surface area contributed by atoms with Crippen LogP contribution in [0.1, 0.15) is 40.3 Å². The van der Waals surface area contributed by atoms with E-state index in [1.165, 1.54) is 11.3 Å². The zero-order valence-electron chi connectivity index (χ0n) is 13.2. The van der Waals surface area contributed by atoms with Gasteiger partial charge in [-0.05, 0) is 26.0 Å². The largest absolute Gasteiger partial charge is 0.360 e. The Morgan fingerprint density at radius 3 is 2.52 bits per heavy atom. The first-order valence-corrected chi connectivity index (χ1v) is 8.02. The van der Waals surface area contributed by atoms with Crippen molar-refractivity contribution in [2.24, 2.45) is 0 Å². The van der Waals surface area contributed by atoms with Crippen molar-refractivity contribution in [1.29, 1.82) is 0 Å². The molecule has 0 saturated heterocycles. The molecule has 0 aliphatic carbocycles. The number of nitrogens with zero attached hydrogens (tertiary/aromatic N) is 3. The van der Waals surface area contributed by atoms with E-state index in [0.717, 1.165) is 17.4 Å². The topological polar surface area (TPSA) is 59.8 Å². The summed E-state index contributed by atoms with van der Waals surface area (Å²) in [6.07, 6.45) is 0. The molecular formula is C15H22N4OS. The van der Waals surface area contributed by atoms with Crippen molar-refractivity contribution in [3.63, 3.8) is 0 Å². The predicted molar refractivity (Wildman–Crippen MR) is 88.1 cm³/mol. The molecule has 2 rings (SSSR count). The summed E-state index contributed by atoms with van der Waals surface area (Å²) in [5.74, 6) is 0. The lowest BCUT2D eigenvalue weighted by molar-refractivity contribution is 0.511. The second-order valence-electron chi connectivity index (χ2n) is 5.87. The zero-order chi connectivity index (χ0) is 15.6. The van der Waals surface area contributed by atoms with Gasteiger partial charge in [0.1, 0.15) is 0 Å². The number of rotatable bonds is 4.